The smallest absolute Gasteiger partial charge is 0.227 e. The Bertz CT molecular complexity index is 632. The predicted octanol–water partition coefficient (Wildman–Crippen LogP) is 4.45. The first-order chi connectivity index (χ1) is 13.1. The second-order valence-electron chi connectivity index (χ2n) is 9.04. The van der Waals surface area contributed by atoms with E-state index in [4.69, 9.17) is 4.74 Å². The molecule has 1 N–H and O–H groups in total. The molecule has 0 radical (unpaired) electrons. The van der Waals surface area contributed by atoms with Gasteiger partial charge in [0, 0.05) is 37.3 Å². The van der Waals surface area contributed by atoms with Gasteiger partial charge >= 0.3 is 0 Å². The van der Waals surface area contributed by atoms with Crippen molar-refractivity contribution in [3.05, 3.63) is 29.8 Å². The van der Waals surface area contributed by atoms with Gasteiger partial charge in [-0.1, -0.05) is 12.1 Å². The summed E-state index contributed by atoms with van der Waals surface area (Å²) in [5.74, 6) is 2.01. The Morgan fingerprint density at radius 1 is 1.19 bits per heavy atom. The molecule has 2 saturated carbocycles. The lowest BCUT2D eigenvalue weighted by Crippen LogP contribution is -2.39. The molecule has 1 heterocycles. The van der Waals surface area contributed by atoms with Crippen LogP contribution in [0.1, 0.15) is 57.9 Å². The SMILES string of the molecule is CC(C)N(Cc1ccc(NC(=O)[C@@H]2C[C@@H]2C2CC2)cc1)C[C@@H]1CCCCO1. The van der Waals surface area contributed by atoms with Crippen molar-refractivity contribution in [2.45, 2.75) is 71.1 Å². The van der Waals surface area contributed by atoms with Gasteiger partial charge < -0.3 is 10.1 Å². The summed E-state index contributed by atoms with van der Waals surface area (Å²) >= 11 is 0. The number of hydrogen-bond donors (Lipinski definition) is 1. The van der Waals surface area contributed by atoms with Gasteiger partial charge in [-0.05, 0) is 81.9 Å². The summed E-state index contributed by atoms with van der Waals surface area (Å²) in [7, 11) is 0. The maximum atomic E-state index is 12.4. The van der Waals surface area contributed by atoms with E-state index in [1.54, 1.807) is 0 Å². The summed E-state index contributed by atoms with van der Waals surface area (Å²) in [5.41, 5.74) is 2.22. The van der Waals surface area contributed by atoms with Crippen molar-refractivity contribution < 1.29 is 9.53 Å². The number of amides is 1. The molecule has 1 aromatic carbocycles. The van der Waals surface area contributed by atoms with Crippen LogP contribution in [-0.4, -0.2) is 36.1 Å². The Labute approximate surface area is 163 Å². The quantitative estimate of drug-likeness (QED) is 0.735. The molecule has 3 aliphatic rings. The van der Waals surface area contributed by atoms with Crippen molar-refractivity contribution in [2.24, 2.45) is 17.8 Å². The van der Waals surface area contributed by atoms with Crippen molar-refractivity contribution >= 4 is 11.6 Å². The number of nitrogens with zero attached hydrogens (tertiary/aromatic N) is 1. The van der Waals surface area contributed by atoms with Crippen LogP contribution in [-0.2, 0) is 16.1 Å². The molecular formula is C23H34N2O2. The molecule has 0 unspecified atom stereocenters. The minimum absolute atomic E-state index is 0.220. The molecule has 1 aliphatic heterocycles. The van der Waals surface area contributed by atoms with Crippen LogP contribution in [0.15, 0.2) is 24.3 Å². The Morgan fingerprint density at radius 3 is 2.59 bits per heavy atom. The summed E-state index contributed by atoms with van der Waals surface area (Å²) in [6.07, 6.45) is 7.81. The van der Waals surface area contributed by atoms with Crippen molar-refractivity contribution in [3.8, 4) is 0 Å². The van der Waals surface area contributed by atoms with Crippen molar-refractivity contribution in [1.82, 2.24) is 4.90 Å². The molecular weight excluding hydrogens is 336 g/mol. The summed E-state index contributed by atoms with van der Waals surface area (Å²) in [5, 5.41) is 3.11. The predicted molar refractivity (Wildman–Crippen MR) is 109 cm³/mol. The fourth-order valence-electron chi connectivity index (χ4n) is 4.40. The molecule has 0 bridgehead atoms. The zero-order valence-electron chi connectivity index (χ0n) is 16.8. The number of rotatable bonds is 8. The maximum absolute atomic E-state index is 12.4. The van der Waals surface area contributed by atoms with Gasteiger partial charge in [-0.2, -0.15) is 0 Å². The third-order valence-corrected chi connectivity index (χ3v) is 6.45. The van der Waals surface area contributed by atoms with Gasteiger partial charge in [0.25, 0.3) is 0 Å². The zero-order chi connectivity index (χ0) is 18.8. The summed E-state index contributed by atoms with van der Waals surface area (Å²) in [6, 6.07) is 8.90. The first-order valence-electron chi connectivity index (χ1n) is 10.9. The highest BCUT2D eigenvalue weighted by atomic mass is 16.5. The molecule has 0 spiro atoms. The second-order valence-corrected chi connectivity index (χ2v) is 9.04. The molecule has 0 aromatic heterocycles. The van der Waals surface area contributed by atoms with Crippen molar-refractivity contribution in [3.63, 3.8) is 0 Å². The Kier molecular flexibility index (Phi) is 5.84. The van der Waals surface area contributed by atoms with Gasteiger partial charge in [-0.25, -0.2) is 0 Å². The number of nitrogens with one attached hydrogen (secondary N) is 1. The number of hydrogen-bond acceptors (Lipinski definition) is 3. The minimum Gasteiger partial charge on any atom is -0.377 e. The average molecular weight is 371 g/mol. The number of benzene rings is 1. The summed E-state index contributed by atoms with van der Waals surface area (Å²) < 4.78 is 5.93. The number of carbonyl (C=O) groups excluding carboxylic acids is 1. The fourth-order valence-corrected chi connectivity index (χ4v) is 4.40. The molecule has 1 aromatic rings. The highest BCUT2D eigenvalue weighted by Gasteiger charge is 2.51. The van der Waals surface area contributed by atoms with Gasteiger partial charge in [0.1, 0.15) is 0 Å². The topological polar surface area (TPSA) is 41.6 Å². The monoisotopic (exact) mass is 370 g/mol. The van der Waals surface area contributed by atoms with Crippen LogP contribution in [0.3, 0.4) is 0 Å². The maximum Gasteiger partial charge on any atom is 0.227 e. The molecule has 148 valence electrons. The van der Waals surface area contributed by atoms with Gasteiger partial charge in [-0.15, -0.1) is 0 Å². The summed E-state index contributed by atoms with van der Waals surface area (Å²) in [6.45, 7) is 7.35. The lowest BCUT2D eigenvalue weighted by molar-refractivity contribution is -0.117. The third kappa shape index (κ3) is 5.11. The molecule has 4 heteroatoms. The number of ether oxygens (including phenoxy) is 1. The molecule has 2 aliphatic carbocycles. The number of anilines is 1. The lowest BCUT2D eigenvalue weighted by atomic mass is 10.1. The van der Waals surface area contributed by atoms with E-state index < -0.39 is 0 Å². The van der Waals surface area contributed by atoms with Crippen molar-refractivity contribution in [2.75, 3.05) is 18.5 Å². The first-order valence-corrected chi connectivity index (χ1v) is 10.9. The van der Waals surface area contributed by atoms with Gasteiger partial charge in [0.2, 0.25) is 5.91 Å². The highest BCUT2D eigenvalue weighted by molar-refractivity contribution is 5.94. The van der Waals surface area contributed by atoms with Gasteiger partial charge in [-0.3, -0.25) is 9.69 Å². The molecule has 4 rings (SSSR count). The molecule has 1 amide bonds. The highest BCUT2D eigenvalue weighted by Crippen LogP contribution is 2.54. The molecule has 3 fully saturated rings. The van der Waals surface area contributed by atoms with Gasteiger partial charge in [0.15, 0.2) is 0 Å². The second kappa shape index (κ2) is 8.32. The fraction of sp³-hybridized carbons (Fsp3) is 0.696. The van der Waals surface area contributed by atoms with Crippen LogP contribution >= 0.6 is 0 Å². The van der Waals surface area contributed by atoms with Crippen molar-refractivity contribution in [1.29, 1.82) is 0 Å². The van der Waals surface area contributed by atoms with Crippen LogP contribution < -0.4 is 5.32 Å². The normalized spacial score (nSPS) is 27.8. The van der Waals surface area contributed by atoms with E-state index in [1.165, 1.54) is 37.7 Å². The van der Waals surface area contributed by atoms with Crippen LogP contribution in [0.5, 0.6) is 0 Å². The van der Waals surface area contributed by atoms with E-state index >= 15 is 0 Å². The van der Waals surface area contributed by atoms with E-state index in [0.717, 1.165) is 37.7 Å². The standard InChI is InChI=1S/C23H34N2O2/c1-16(2)25(15-20-5-3-4-12-27-20)14-17-6-10-19(11-7-17)24-23(26)22-13-21(22)18-8-9-18/h6-7,10-11,16,18,20-22H,3-5,8-9,12-15H2,1-2H3,(H,24,26)/t20-,21+,22+/m0/s1. The van der Waals surface area contributed by atoms with Crippen LogP contribution in [0.4, 0.5) is 5.69 Å². The third-order valence-electron chi connectivity index (χ3n) is 6.45. The average Bonchev–Trinajstić information content (AvgIpc) is 3.55. The Balaban J connectivity index is 1.28. The van der Waals surface area contributed by atoms with E-state index in [2.05, 4.69) is 48.3 Å². The van der Waals surface area contributed by atoms with E-state index in [1.807, 2.05) is 0 Å². The zero-order valence-corrected chi connectivity index (χ0v) is 16.8. The molecule has 4 nitrogen and oxygen atoms in total. The summed E-state index contributed by atoms with van der Waals surface area (Å²) in [4.78, 5) is 14.9. The van der Waals surface area contributed by atoms with Crippen LogP contribution in [0, 0.1) is 17.8 Å². The Morgan fingerprint density at radius 2 is 1.96 bits per heavy atom. The molecule has 1 saturated heterocycles. The first kappa shape index (κ1) is 18.9. The number of carbonyl (C=O) groups is 1. The van der Waals surface area contributed by atoms with E-state index in [-0.39, 0.29) is 11.8 Å². The molecule has 3 atom stereocenters. The van der Waals surface area contributed by atoms with Gasteiger partial charge in [0.05, 0.1) is 6.10 Å². The minimum atomic E-state index is 0.220. The van der Waals surface area contributed by atoms with Crippen LogP contribution in [0.25, 0.3) is 0 Å². The van der Waals surface area contributed by atoms with E-state index in [9.17, 15) is 4.79 Å². The largest absolute Gasteiger partial charge is 0.377 e. The lowest BCUT2D eigenvalue weighted by Gasteiger charge is -2.32. The molecule has 27 heavy (non-hydrogen) atoms. The van der Waals surface area contributed by atoms with E-state index in [0.29, 0.717) is 18.1 Å². The van der Waals surface area contributed by atoms with Crippen LogP contribution in [0.2, 0.25) is 0 Å². The Hall–Kier alpha value is -1.39.